The fourth-order valence-electron chi connectivity index (χ4n) is 1.77. The van der Waals surface area contributed by atoms with Crippen LogP contribution in [0.25, 0.3) is 0 Å². The predicted molar refractivity (Wildman–Crippen MR) is 76.6 cm³/mol. The highest BCUT2D eigenvalue weighted by atomic mass is 16.6. The van der Waals surface area contributed by atoms with Gasteiger partial charge in [0.15, 0.2) is 6.61 Å². The van der Waals surface area contributed by atoms with Gasteiger partial charge in [-0.2, -0.15) is 0 Å². The summed E-state index contributed by atoms with van der Waals surface area (Å²) >= 11 is 0. The van der Waals surface area contributed by atoms with Crippen molar-refractivity contribution in [3.8, 4) is 5.75 Å². The third-order valence-corrected chi connectivity index (χ3v) is 3.03. The minimum absolute atomic E-state index is 0.0582. The molecule has 1 aromatic carbocycles. The van der Waals surface area contributed by atoms with E-state index in [2.05, 4.69) is 5.32 Å². The molecule has 1 N–H and O–H groups in total. The molecule has 2 rings (SSSR count). The highest BCUT2D eigenvalue weighted by Crippen LogP contribution is 2.34. The number of nitrogens with zero attached hydrogens (tertiary/aromatic N) is 1. The fraction of sp³-hybridized carbons (Fsp3) is 0.429. The van der Waals surface area contributed by atoms with Gasteiger partial charge in [-0.1, -0.05) is 0 Å². The summed E-state index contributed by atoms with van der Waals surface area (Å²) in [7, 11) is 0. The average molecular weight is 308 g/mol. The van der Waals surface area contributed by atoms with Crippen LogP contribution in [0.2, 0.25) is 0 Å². The van der Waals surface area contributed by atoms with Gasteiger partial charge in [-0.05, 0) is 25.8 Å². The Bertz CT molecular complexity index is 597. The number of anilines is 1. The van der Waals surface area contributed by atoms with E-state index in [0.717, 1.165) is 12.8 Å². The average Bonchev–Trinajstić information content (AvgIpc) is 3.30. The van der Waals surface area contributed by atoms with Crippen molar-refractivity contribution in [3.05, 3.63) is 28.3 Å². The minimum atomic E-state index is -0.568. The summed E-state index contributed by atoms with van der Waals surface area (Å²) in [5.41, 5.74) is 0.00461. The Morgan fingerprint density at radius 1 is 1.41 bits per heavy atom. The van der Waals surface area contributed by atoms with E-state index in [1.165, 1.54) is 18.2 Å². The van der Waals surface area contributed by atoms with E-state index >= 15 is 0 Å². The van der Waals surface area contributed by atoms with Gasteiger partial charge in [-0.25, -0.2) is 4.79 Å². The Hall–Kier alpha value is -2.64. The molecule has 0 aliphatic heterocycles. The zero-order valence-corrected chi connectivity index (χ0v) is 12.0. The summed E-state index contributed by atoms with van der Waals surface area (Å²) in [5, 5.41) is 13.4. The largest absolute Gasteiger partial charge is 0.480 e. The Morgan fingerprint density at radius 3 is 2.73 bits per heavy atom. The van der Waals surface area contributed by atoms with Gasteiger partial charge in [0.05, 0.1) is 17.2 Å². The standard InChI is InChI=1S/C14H16N2O6/c1-2-21-13(17)8-22-12-6-5-10(16(19)20)7-11(12)15-14(18)9-3-4-9/h5-7,9H,2-4,8H2,1H3,(H,15,18). The van der Waals surface area contributed by atoms with Crippen molar-refractivity contribution in [2.45, 2.75) is 19.8 Å². The van der Waals surface area contributed by atoms with E-state index in [1.807, 2.05) is 0 Å². The third kappa shape index (κ3) is 4.18. The van der Waals surface area contributed by atoms with Crippen molar-refractivity contribution in [2.75, 3.05) is 18.5 Å². The zero-order chi connectivity index (χ0) is 16.1. The lowest BCUT2D eigenvalue weighted by atomic mass is 10.2. The van der Waals surface area contributed by atoms with Crippen molar-refractivity contribution >= 4 is 23.3 Å². The molecule has 1 aliphatic rings. The highest BCUT2D eigenvalue weighted by molar-refractivity contribution is 5.95. The summed E-state index contributed by atoms with van der Waals surface area (Å²) in [6, 6.07) is 3.80. The second kappa shape index (κ2) is 6.88. The second-order valence-corrected chi connectivity index (χ2v) is 4.79. The summed E-state index contributed by atoms with van der Waals surface area (Å²) < 4.78 is 10.0. The van der Waals surface area contributed by atoms with Crippen molar-refractivity contribution in [2.24, 2.45) is 5.92 Å². The van der Waals surface area contributed by atoms with Crippen LogP contribution >= 0.6 is 0 Å². The first-order valence-corrected chi connectivity index (χ1v) is 6.89. The number of nitrogens with one attached hydrogen (secondary N) is 1. The highest BCUT2D eigenvalue weighted by Gasteiger charge is 2.30. The van der Waals surface area contributed by atoms with Gasteiger partial charge in [0.2, 0.25) is 5.91 Å². The van der Waals surface area contributed by atoms with E-state index in [1.54, 1.807) is 6.92 Å². The van der Waals surface area contributed by atoms with Crippen LogP contribution in [0, 0.1) is 16.0 Å². The molecule has 0 saturated heterocycles. The smallest absolute Gasteiger partial charge is 0.344 e. The number of hydrogen-bond donors (Lipinski definition) is 1. The molecule has 1 fully saturated rings. The molecular formula is C14H16N2O6. The number of benzene rings is 1. The monoisotopic (exact) mass is 308 g/mol. The van der Waals surface area contributed by atoms with Gasteiger partial charge in [0.25, 0.3) is 5.69 Å². The molecule has 118 valence electrons. The predicted octanol–water partition coefficient (Wildman–Crippen LogP) is 1.89. The lowest BCUT2D eigenvalue weighted by molar-refractivity contribution is -0.384. The van der Waals surface area contributed by atoms with Gasteiger partial charge < -0.3 is 14.8 Å². The first-order chi connectivity index (χ1) is 10.5. The number of esters is 1. The van der Waals surface area contributed by atoms with Crippen LogP contribution in [0.5, 0.6) is 5.75 Å². The minimum Gasteiger partial charge on any atom is -0.480 e. The van der Waals surface area contributed by atoms with Gasteiger partial charge in [0, 0.05) is 18.1 Å². The summed E-state index contributed by atoms with van der Waals surface area (Å²) in [6.45, 7) is 1.57. The van der Waals surface area contributed by atoms with Crippen molar-refractivity contribution in [1.82, 2.24) is 0 Å². The first-order valence-electron chi connectivity index (χ1n) is 6.89. The topological polar surface area (TPSA) is 108 Å². The number of nitro benzene ring substituents is 1. The molecule has 1 aromatic rings. The maximum atomic E-state index is 11.8. The Kier molecular flexibility index (Phi) is 4.92. The molecule has 0 spiro atoms. The van der Waals surface area contributed by atoms with E-state index < -0.39 is 10.9 Å². The number of non-ortho nitro benzene ring substituents is 1. The number of carbonyl (C=O) groups excluding carboxylic acids is 2. The Morgan fingerprint density at radius 2 is 2.14 bits per heavy atom. The fourth-order valence-corrected chi connectivity index (χ4v) is 1.77. The molecule has 0 atom stereocenters. The SMILES string of the molecule is CCOC(=O)COc1ccc([N+](=O)[O-])cc1NC(=O)C1CC1. The number of amides is 1. The molecule has 0 aromatic heterocycles. The molecule has 0 bridgehead atoms. The maximum absolute atomic E-state index is 11.8. The van der Waals surface area contributed by atoms with Crippen molar-refractivity contribution in [3.63, 3.8) is 0 Å². The van der Waals surface area contributed by atoms with Crippen LogP contribution in [0.1, 0.15) is 19.8 Å². The van der Waals surface area contributed by atoms with Crippen LogP contribution in [-0.2, 0) is 14.3 Å². The van der Waals surface area contributed by atoms with E-state index in [-0.39, 0.29) is 42.2 Å². The Balaban J connectivity index is 2.13. The molecule has 0 radical (unpaired) electrons. The van der Waals surface area contributed by atoms with Crippen LogP contribution in [0.3, 0.4) is 0 Å². The summed E-state index contributed by atoms with van der Waals surface area (Å²) in [4.78, 5) is 33.4. The molecule has 0 unspecified atom stereocenters. The van der Waals surface area contributed by atoms with E-state index in [9.17, 15) is 19.7 Å². The second-order valence-electron chi connectivity index (χ2n) is 4.79. The molecule has 22 heavy (non-hydrogen) atoms. The van der Waals surface area contributed by atoms with Crippen molar-refractivity contribution < 1.29 is 24.0 Å². The third-order valence-electron chi connectivity index (χ3n) is 3.03. The number of rotatable bonds is 7. The normalized spacial score (nSPS) is 13.3. The van der Waals surface area contributed by atoms with Crippen LogP contribution in [0.4, 0.5) is 11.4 Å². The molecule has 1 amide bonds. The number of hydrogen-bond acceptors (Lipinski definition) is 6. The lowest BCUT2D eigenvalue weighted by Crippen LogP contribution is -2.17. The zero-order valence-electron chi connectivity index (χ0n) is 12.0. The van der Waals surface area contributed by atoms with Gasteiger partial charge >= 0.3 is 5.97 Å². The van der Waals surface area contributed by atoms with E-state index in [0.29, 0.717) is 0 Å². The van der Waals surface area contributed by atoms with Gasteiger partial charge in [-0.3, -0.25) is 14.9 Å². The molecule has 0 heterocycles. The number of nitro groups is 1. The molecular weight excluding hydrogens is 292 g/mol. The van der Waals surface area contributed by atoms with Crippen LogP contribution in [-0.4, -0.2) is 30.0 Å². The van der Waals surface area contributed by atoms with Crippen molar-refractivity contribution in [1.29, 1.82) is 0 Å². The van der Waals surface area contributed by atoms with E-state index in [4.69, 9.17) is 9.47 Å². The maximum Gasteiger partial charge on any atom is 0.344 e. The Labute approximate surface area is 126 Å². The number of carbonyl (C=O) groups is 2. The first kappa shape index (κ1) is 15.7. The van der Waals surface area contributed by atoms with Gasteiger partial charge in [-0.15, -0.1) is 0 Å². The summed E-state index contributed by atoms with van der Waals surface area (Å²) in [6.07, 6.45) is 1.61. The van der Waals surface area contributed by atoms with Crippen LogP contribution in [0.15, 0.2) is 18.2 Å². The quantitative estimate of drug-likeness (QED) is 0.468. The van der Waals surface area contributed by atoms with Gasteiger partial charge in [0.1, 0.15) is 5.75 Å². The molecule has 8 heteroatoms. The number of ether oxygens (including phenoxy) is 2. The molecule has 8 nitrogen and oxygen atoms in total. The van der Waals surface area contributed by atoms with Crippen LogP contribution < -0.4 is 10.1 Å². The summed E-state index contributed by atoms with van der Waals surface area (Å²) in [5.74, 6) is -0.633. The lowest BCUT2D eigenvalue weighted by Gasteiger charge is -2.12. The molecule has 1 saturated carbocycles. The molecule has 1 aliphatic carbocycles.